The van der Waals surface area contributed by atoms with E-state index in [4.69, 9.17) is 21.9 Å². The van der Waals surface area contributed by atoms with Crippen molar-refractivity contribution in [3.63, 3.8) is 0 Å². The minimum absolute atomic E-state index is 0.132. The monoisotopic (exact) mass is 404 g/mol. The summed E-state index contributed by atoms with van der Waals surface area (Å²) < 4.78 is 6.75. The first kappa shape index (κ1) is 25.9. The minimum Gasteiger partial charge on any atom is -0.468 e. The summed E-state index contributed by atoms with van der Waals surface area (Å²) in [7, 11) is 3.44. The molecule has 0 atom stereocenters. The second-order valence-corrected chi connectivity index (χ2v) is 5.98. The van der Waals surface area contributed by atoms with Crippen LogP contribution in [0.25, 0.3) is 0 Å². The molecule has 0 spiro atoms. The van der Waals surface area contributed by atoms with Crippen LogP contribution < -0.4 is 17.2 Å². The zero-order chi connectivity index (χ0) is 22.1. The second-order valence-electron chi connectivity index (χ2n) is 5.98. The number of aliphatic imine (C=N–C) groups is 1. The number of rotatable bonds is 6. The number of methoxy groups -OCH3 is 1. The van der Waals surface area contributed by atoms with Gasteiger partial charge in [-0.3, -0.25) is 4.68 Å². The highest BCUT2D eigenvalue weighted by Crippen LogP contribution is 2.21. The van der Waals surface area contributed by atoms with Gasteiger partial charge in [0.1, 0.15) is 6.34 Å². The fraction of sp³-hybridized carbons (Fsp3) is 0.450. The molecule has 0 aliphatic carbocycles. The molecule has 1 aliphatic rings. The van der Waals surface area contributed by atoms with Crippen molar-refractivity contribution in [2.45, 2.75) is 33.1 Å². The Hall–Kier alpha value is -3.07. The van der Waals surface area contributed by atoms with Gasteiger partial charge in [0.05, 0.1) is 13.7 Å². The Kier molecular flexibility index (Phi) is 14.2. The number of amidine groups is 1. The maximum absolute atomic E-state index is 5.58. The molecule has 0 amide bonds. The van der Waals surface area contributed by atoms with Crippen LogP contribution in [0, 0.1) is 0 Å². The zero-order valence-electron chi connectivity index (χ0n) is 18.1. The van der Waals surface area contributed by atoms with Gasteiger partial charge >= 0.3 is 6.02 Å². The SMILES string of the molecule is C=CC.CCCC1=C(Cc2ccnn2C)N=CN(/N=C(\N)OC)C1.N/C=C/CN. The van der Waals surface area contributed by atoms with Gasteiger partial charge in [0.25, 0.3) is 0 Å². The predicted octanol–water partition coefficient (Wildman–Crippen LogP) is 1.85. The smallest absolute Gasteiger partial charge is 0.303 e. The van der Waals surface area contributed by atoms with Crippen LogP contribution in [-0.2, 0) is 18.2 Å². The third-order valence-electron chi connectivity index (χ3n) is 3.64. The van der Waals surface area contributed by atoms with Crippen LogP contribution in [0.2, 0.25) is 0 Å². The first-order chi connectivity index (χ1) is 14.0. The van der Waals surface area contributed by atoms with E-state index in [1.165, 1.54) is 18.9 Å². The normalized spacial score (nSPS) is 13.6. The van der Waals surface area contributed by atoms with E-state index < -0.39 is 0 Å². The molecule has 0 bridgehead atoms. The molecule has 2 heterocycles. The van der Waals surface area contributed by atoms with Crippen molar-refractivity contribution in [3.05, 3.63) is 54.2 Å². The van der Waals surface area contributed by atoms with Gasteiger partial charge in [0, 0.05) is 37.6 Å². The maximum atomic E-state index is 5.58. The third kappa shape index (κ3) is 10.7. The lowest BCUT2D eigenvalue weighted by Gasteiger charge is -2.22. The lowest BCUT2D eigenvalue weighted by Crippen LogP contribution is -2.28. The van der Waals surface area contributed by atoms with E-state index in [1.807, 2.05) is 24.7 Å². The number of ether oxygens (including phenoxy) is 1. The molecule has 162 valence electrons. The van der Waals surface area contributed by atoms with E-state index in [-0.39, 0.29) is 6.02 Å². The molecule has 29 heavy (non-hydrogen) atoms. The summed E-state index contributed by atoms with van der Waals surface area (Å²) >= 11 is 0. The van der Waals surface area contributed by atoms with Gasteiger partial charge in [-0.15, -0.1) is 11.7 Å². The van der Waals surface area contributed by atoms with Gasteiger partial charge in [-0.25, -0.2) is 10.0 Å². The van der Waals surface area contributed by atoms with Crippen LogP contribution >= 0.6 is 0 Å². The number of nitrogens with zero attached hydrogens (tertiary/aromatic N) is 5. The van der Waals surface area contributed by atoms with E-state index in [0.29, 0.717) is 13.1 Å². The molecular formula is C20H36N8O. The van der Waals surface area contributed by atoms with Crippen LogP contribution in [0.1, 0.15) is 32.4 Å². The van der Waals surface area contributed by atoms with Crippen molar-refractivity contribution >= 4 is 12.4 Å². The van der Waals surface area contributed by atoms with Crippen LogP contribution in [0.4, 0.5) is 0 Å². The summed E-state index contributed by atoms with van der Waals surface area (Å²) in [5.41, 5.74) is 18.9. The van der Waals surface area contributed by atoms with Crippen molar-refractivity contribution in [1.29, 1.82) is 0 Å². The highest BCUT2D eigenvalue weighted by Gasteiger charge is 2.16. The van der Waals surface area contributed by atoms with Gasteiger partial charge < -0.3 is 21.9 Å². The molecule has 0 aromatic carbocycles. The first-order valence-corrected chi connectivity index (χ1v) is 9.47. The summed E-state index contributed by atoms with van der Waals surface area (Å²) in [6, 6.07) is 2.15. The van der Waals surface area contributed by atoms with Crippen molar-refractivity contribution in [2.24, 2.45) is 34.3 Å². The Morgan fingerprint density at radius 3 is 2.59 bits per heavy atom. The van der Waals surface area contributed by atoms with E-state index in [9.17, 15) is 0 Å². The van der Waals surface area contributed by atoms with Gasteiger partial charge in [-0.05, 0) is 31.2 Å². The Morgan fingerprint density at radius 2 is 2.14 bits per heavy atom. The van der Waals surface area contributed by atoms with Crippen LogP contribution in [0.15, 0.2) is 58.6 Å². The third-order valence-corrected chi connectivity index (χ3v) is 3.64. The lowest BCUT2D eigenvalue weighted by molar-refractivity contribution is 0.368. The van der Waals surface area contributed by atoms with E-state index in [0.717, 1.165) is 30.7 Å². The van der Waals surface area contributed by atoms with E-state index in [2.05, 4.69) is 28.7 Å². The Bertz CT molecular complexity index is 703. The number of hydrazone groups is 1. The number of allylic oxidation sites excluding steroid dienone is 2. The molecule has 1 aliphatic heterocycles. The highest BCUT2D eigenvalue weighted by molar-refractivity contribution is 5.73. The molecule has 0 fully saturated rings. The van der Waals surface area contributed by atoms with Gasteiger partial charge in [-0.1, -0.05) is 25.5 Å². The molecule has 9 nitrogen and oxygen atoms in total. The van der Waals surface area contributed by atoms with Crippen LogP contribution in [0.3, 0.4) is 0 Å². The molecule has 1 aromatic heterocycles. The number of hydrogen-bond acceptors (Lipinski definition) is 7. The Labute approximate surface area is 174 Å². The molecule has 1 aromatic rings. The molecule has 0 unspecified atom stereocenters. The first-order valence-electron chi connectivity index (χ1n) is 9.47. The highest BCUT2D eigenvalue weighted by atomic mass is 16.5. The van der Waals surface area contributed by atoms with Crippen molar-refractivity contribution in [3.8, 4) is 0 Å². The fourth-order valence-corrected chi connectivity index (χ4v) is 2.30. The number of hydrogen-bond donors (Lipinski definition) is 3. The number of nitrogens with two attached hydrogens (primary N) is 3. The van der Waals surface area contributed by atoms with E-state index >= 15 is 0 Å². The lowest BCUT2D eigenvalue weighted by atomic mass is 10.0. The van der Waals surface area contributed by atoms with Gasteiger partial charge in [0.15, 0.2) is 0 Å². The summed E-state index contributed by atoms with van der Waals surface area (Å²) in [5.74, 6) is 0. The molecule has 2 rings (SSSR count). The second kappa shape index (κ2) is 15.9. The fourth-order valence-electron chi connectivity index (χ4n) is 2.30. The quantitative estimate of drug-likeness (QED) is 0.376. The number of aromatic nitrogens is 2. The molecule has 0 radical (unpaired) electrons. The minimum atomic E-state index is 0.132. The molecule has 9 heteroatoms. The summed E-state index contributed by atoms with van der Waals surface area (Å²) in [5, 5.41) is 10.0. The van der Waals surface area contributed by atoms with Crippen molar-refractivity contribution in [1.82, 2.24) is 14.8 Å². The number of aryl methyl sites for hydroxylation is 1. The zero-order valence-corrected chi connectivity index (χ0v) is 18.1. The Morgan fingerprint density at radius 1 is 1.45 bits per heavy atom. The molecule has 0 saturated heterocycles. The molecular weight excluding hydrogens is 368 g/mol. The molecule has 6 N–H and O–H groups in total. The maximum Gasteiger partial charge on any atom is 0.303 e. The summed E-state index contributed by atoms with van der Waals surface area (Å²) in [4.78, 5) is 4.54. The van der Waals surface area contributed by atoms with Crippen molar-refractivity contribution in [2.75, 3.05) is 20.2 Å². The summed E-state index contributed by atoms with van der Waals surface area (Å²) in [6.07, 6.45) is 11.2. The van der Waals surface area contributed by atoms with Crippen LogP contribution in [-0.4, -0.2) is 47.3 Å². The van der Waals surface area contributed by atoms with Crippen molar-refractivity contribution < 1.29 is 4.74 Å². The standard InChI is InChI=1S/C14H22N6O.C3H8N2.C3H6/c1-4-5-11-9-20(18-14(15)21-3)10-16-13(11)8-12-6-7-17-19(12)2;4-2-1-3-5;1-3-2/h6-7,10H,4-5,8-9H2,1-3H3,(H2,15,18);1-2H,3-5H2;3H,1H2,2H3/b;2-1+;. The Balaban J connectivity index is 0.000000838. The predicted molar refractivity (Wildman–Crippen MR) is 121 cm³/mol. The average Bonchev–Trinajstić information content (AvgIpc) is 3.10. The van der Waals surface area contributed by atoms with E-state index in [1.54, 1.807) is 29.7 Å². The largest absolute Gasteiger partial charge is 0.468 e. The van der Waals surface area contributed by atoms with Gasteiger partial charge in [-0.2, -0.15) is 5.10 Å². The van der Waals surface area contributed by atoms with Crippen LogP contribution in [0.5, 0.6) is 0 Å². The molecule has 0 saturated carbocycles. The summed E-state index contributed by atoms with van der Waals surface area (Å²) in [6.45, 7) is 8.63. The van der Waals surface area contributed by atoms with Gasteiger partial charge in [0.2, 0.25) is 0 Å². The topological polar surface area (TPSA) is 133 Å². The average molecular weight is 405 g/mol.